The van der Waals surface area contributed by atoms with Crippen molar-refractivity contribution in [3.05, 3.63) is 24.3 Å². The topological polar surface area (TPSA) is 58.7 Å². The Labute approximate surface area is 122 Å². The summed E-state index contributed by atoms with van der Waals surface area (Å²) in [4.78, 5) is 0.765. The van der Waals surface area contributed by atoms with Crippen LogP contribution in [0.1, 0.15) is 40.5 Å². The van der Waals surface area contributed by atoms with Crippen molar-refractivity contribution in [2.24, 2.45) is 4.36 Å². The van der Waals surface area contributed by atoms with Crippen LogP contribution in [-0.4, -0.2) is 26.6 Å². The zero-order chi connectivity index (χ0) is 14.9. The fourth-order valence-electron chi connectivity index (χ4n) is 2.43. The molecule has 1 aliphatic rings. The number of hydrogen-bond donors (Lipinski definition) is 1. The molecule has 0 radical (unpaired) electrons. The summed E-state index contributed by atoms with van der Waals surface area (Å²) in [6.45, 7) is 8.28. The van der Waals surface area contributed by atoms with Crippen molar-refractivity contribution in [2.75, 3.05) is 5.73 Å². The van der Waals surface area contributed by atoms with Crippen LogP contribution in [0.3, 0.4) is 0 Å². The number of rotatable bonds is 5. The number of nitrogens with zero attached hydrogens (tertiary/aromatic N) is 2. The van der Waals surface area contributed by atoms with E-state index in [9.17, 15) is 4.21 Å². The highest BCUT2D eigenvalue weighted by molar-refractivity contribution is 7.91. The van der Waals surface area contributed by atoms with Crippen LogP contribution in [0.25, 0.3) is 0 Å². The summed E-state index contributed by atoms with van der Waals surface area (Å²) in [6, 6.07) is 7.89. The SMILES string of the molecule is CC(C)N(C(C)C)S(=O)(=NC1CC1)c1ccc(N)cc1. The van der Waals surface area contributed by atoms with Gasteiger partial charge in [0.05, 0.1) is 10.9 Å². The van der Waals surface area contributed by atoms with Crippen LogP contribution in [0, 0.1) is 0 Å². The molecule has 1 aliphatic carbocycles. The normalized spacial score (nSPS) is 18.6. The van der Waals surface area contributed by atoms with Gasteiger partial charge in [0.25, 0.3) is 0 Å². The predicted octanol–water partition coefficient (Wildman–Crippen LogP) is 3.29. The van der Waals surface area contributed by atoms with Crippen molar-refractivity contribution in [3.63, 3.8) is 0 Å². The third-order valence-corrected chi connectivity index (χ3v) is 6.21. The van der Waals surface area contributed by atoms with Gasteiger partial charge in [-0.1, -0.05) is 0 Å². The third-order valence-electron chi connectivity index (χ3n) is 3.33. The van der Waals surface area contributed by atoms with E-state index in [0.29, 0.717) is 5.69 Å². The Bertz CT molecular complexity index is 559. The summed E-state index contributed by atoms with van der Waals surface area (Å²) in [5.74, 6) is 0. The van der Waals surface area contributed by atoms with Crippen LogP contribution in [0.4, 0.5) is 5.69 Å². The van der Waals surface area contributed by atoms with E-state index in [1.165, 1.54) is 0 Å². The molecule has 112 valence electrons. The van der Waals surface area contributed by atoms with Crippen molar-refractivity contribution >= 4 is 15.6 Å². The minimum atomic E-state index is -2.56. The molecule has 0 aliphatic heterocycles. The molecule has 20 heavy (non-hydrogen) atoms. The Morgan fingerprint density at radius 1 is 1.15 bits per heavy atom. The van der Waals surface area contributed by atoms with Gasteiger partial charge in [0.15, 0.2) is 0 Å². The average molecular weight is 295 g/mol. The van der Waals surface area contributed by atoms with Crippen LogP contribution in [-0.2, 0) is 9.92 Å². The second-order valence-electron chi connectivity index (χ2n) is 5.95. The predicted molar refractivity (Wildman–Crippen MR) is 84.8 cm³/mol. The smallest absolute Gasteiger partial charge is 0.140 e. The lowest BCUT2D eigenvalue weighted by Gasteiger charge is -2.33. The van der Waals surface area contributed by atoms with Crippen LogP contribution in [0.2, 0.25) is 0 Å². The maximum Gasteiger partial charge on any atom is 0.140 e. The fraction of sp³-hybridized carbons (Fsp3) is 0.600. The van der Waals surface area contributed by atoms with Gasteiger partial charge in [0.1, 0.15) is 9.92 Å². The van der Waals surface area contributed by atoms with E-state index >= 15 is 0 Å². The molecule has 5 heteroatoms. The first kappa shape index (κ1) is 15.3. The van der Waals surface area contributed by atoms with Gasteiger partial charge in [0.2, 0.25) is 0 Å². The Morgan fingerprint density at radius 2 is 1.65 bits per heavy atom. The molecule has 1 aromatic carbocycles. The third kappa shape index (κ3) is 3.15. The Morgan fingerprint density at radius 3 is 2.05 bits per heavy atom. The lowest BCUT2D eigenvalue weighted by Crippen LogP contribution is -2.42. The maximum atomic E-state index is 13.7. The number of hydrogen-bond acceptors (Lipinski definition) is 3. The summed E-state index contributed by atoms with van der Waals surface area (Å²) in [7, 11) is -2.56. The lowest BCUT2D eigenvalue weighted by molar-refractivity contribution is 0.315. The van der Waals surface area contributed by atoms with E-state index < -0.39 is 9.92 Å². The lowest BCUT2D eigenvalue weighted by atomic mass is 10.3. The van der Waals surface area contributed by atoms with Gasteiger partial charge < -0.3 is 5.73 Å². The van der Waals surface area contributed by atoms with Crippen molar-refractivity contribution in [1.82, 2.24) is 4.31 Å². The molecule has 0 bridgehead atoms. The molecular formula is C15H25N3OS. The number of benzene rings is 1. The fourth-order valence-corrected chi connectivity index (χ4v) is 5.15. The Balaban J connectivity index is 2.55. The molecule has 1 saturated carbocycles. The van der Waals surface area contributed by atoms with Crippen molar-refractivity contribution < 1.29 is 4.21 Å². The van der Waals surface area contributed by atoms with E-state index in [1.807, 2.05) is 16.4 Å². The van der Waals surface area contributed by atoms with E-state index in [1.54, 1.807) is 12.1 Å². The van der Waals surface area contributed by atoms with Crippen LogP contribution in [0.5, 0.6) is 0 Å². The first-order valence-corrected chi connectivity index (χ1v) is 8.72. The molecule has 1 aromatic rings. The molecular weight excluding hydrogens is 270 g/mol. The van der Waals surface area contributed by atoms with Gasteiger partial charge in [-0.2, -0.15) is 0 Å². The Kier molecular flexibility index (Phi) is 4.39. The van der Waals surface area contributed by atoms with Gasteiger partial charge in [0, 0.05) is 17.8 Å². The second kappa shape index (κ2) is 5.74. The molecule has 2 N–H and O–H groups in total. The molecule has 0 spiro atoms. The number of nitrogen functional groups attached to an aromatic ring is 1. The van der Waals surface area contributed by atoms with Crippen LogP contribution >= 0.6 is 0 Å². The van der Waals surface area contributed by atoms with E-state index in [4.69, 9.17) is 5.73 Å². The molecule has 1 fully saturated rings. The number of anilines is 1. The molecule has 0 amide bonds. The first-order chi connectivity index (χ1) is 9.34. The maximum absolute atomic E-state index is 13.7. The zero-order valence-corrected chi connectivity index (χ0v) is 13.6. The van der Waals surface area contributed by atoms with Gasteiger partial charge >= 0.3 is 0 Å². The summed E-state index contributed by atoms with van der Waals surface area (Å²) >= 11 is 0. The van der Waals surface area contributed by atoms with Crippen molar-refractivity contribution in [1.29, 1.82) is 0 Å². The monoisotopic (exact) mass is 295 g/mol. The summed E-state index contributed by atoms with van der Waals surface area (Å²) in [5, 5.41) is 0. The molecule has 0 aromatic heterocycles. The van der Waals surface area contributed by atoms with Gasteiger partial charge in [-0.3, -0.25) is 0 Å². The molecule has 1 unspecified atom stereocenters. The first-order valence-electron chi connectivity index (χ1n) is 7.25. The van der Waals surface area contributed by atoms with Crippen molar-refractivity contribution in [3.8, 4) is 0 Å². The minimum absolute atomic E-state index is 0.169. The van der Waals surface area contributed by atoms with E-state index in [-0.39, 0.29) is 18.1 Å². The summed E-state index contributed by atoms with van der Waals surface area (Å²) in [6.07, 6.45) is 2.10. The van der Waals surface area contributed by atoms with Gasteiger partial charge in [-0.15, -0.1) is 0 Å². The summed E-state index contributed by atoms with van der Waals surface area (Å²) < 4.78 is 20.4. The second-order valence-corrected chi connectivity index (χ2v) is 8.05. The standard InChI is InChI=1S/C15H25N3OS/c1-11(2)18(12(3)4)20(19,17-14-7-8-14)15-9-5-13(16)6-10-15/h5-6,9-12,14H,7-8,16H2,1-4H3. The molecule has 4 nitrogen and oxygen atoms in total. The van der Waals surface area contributed by atoms with Crippen molar-refractivity contribution in [2.45, 2.75) is 63.6 Å². The summed E-state index contributed by atoms with van der Waals surface area (Å²) in [5.41, 5.74) is 6.43. The molecule has 0 saturated heterocycles. The van der Waals surface area contributed by atoms with Crippen LogP contribution in [0.15, 0.2) is 33.5 Å². The highest BCUT2D eigenvalue weighted by Crippen LogP contribution is 2.31. The highest BCUT2D eigenvalue weighted by Gasteiger charge is 2.31. The quantitative estimate of drug-likeness (QED) is 0.847. The molecule has 0 heterocycles. The highest BCUT2D eigenvalue weighted by atomic mass is 32.2. The zero-order valence-electron chi connectivity index (χ0n) is 12.7. The molecule has 1 atom stereocenters. The van der Waals surface area contributed by atoms with E-state index in [0.717, 1.165) is 17.7 Å². The van der Waals surface area contributed by atoms with E-state index in [2.05, 4.69) is 32.1 Å². The Hall–Kier alpha value is -1.07. The molecule has 2 rings (SSSR count). The van der Waals surface area contributed by atoms with Gasteiger partial charge in [-0.05, 0) is 64.8 Å². The average Bonchev–Trinajstić information content (AvgIpc) is 3.12. The number of nitrogens with two attached hydrogens (primary N) is 1. The largest absolute Gasteiger partial charge is 0.399 e. The minimum Gasteiger partial charge on any atom is -0.399 e. The van der Waals surface area contributed by atoms with Crippen LogP contribution < -0.4 is 5.73 Å². The van der Waals surface area contributed by atoms with Gasteiger partial charge in [-0.25, -0.2) is 12.9 Å².